The first-order chi connectivity index (χ1) is 6.70. The van der Waals surface area contributed by atoms with Gasteiger partial charge in [-0.1, -0.05) is 49.3 Å². The van der Waals surface area contributed by atoms with Crippen molar-refractivity contribution >= 4 is 22.6 Å². The van der Waals surface area contributed by atoms with E-state index in [2.05, 4.69) is 36.4 Å². The molecule has 84 valence electrons. The van der Waals surface area contributed by atoms with E-state index in [0.29, 0.717) is 10.0 Å². The molecule has 0 aromatic rings. The van der Waals surface area contributed by atoms with E-state index in [9.17, 15) is 0 Å². The molecule has 1 aliphatic rings. The highest BCUT2D eigenvalue weighted by Gasteiger charge is 2.25. The summed E-state index contributed by atoms with van der Waals surface area (Å²) < 4.78 is 11.7. The maximum atomic E-state index is 5.76. The summed E-state index contributed by atoms with van der Waals surface area (Å²) in [6.07, 6.45) is 4.14. The second-order valence-corrected chi connectivity index (χ2v) is 5.95. The van der Waals surface area contributed by atoms with Crippen molar-refractivity contribution in [1.29, 1.82) is 0 Å². The Morgan fingerprint density at radius 3 is 2.71 bits per heavy atom. The third-order valence-corrected chi connectivity index (χ3v) is 3.63. The molecule has 2 atom stereocenters. The number of hydrogen-bond acceptors (Lipinski definition) is 2. The summed E-state index contributed by atoms with van der Waals surface area (Å²) in [6, 6.07) is 0. The van der Waals surface area contributed by atoms with Crippen LogP contribution in [0, 0.1) is 5.92 Å². The van der Waals surface area contributed by atoms with E-state index in [1.165, 1.54) is 19.3 Å². The predicted molar refractivity (Wildman–Crippen MR) is 67.1 cm³/mol. The summed E-state index contributed by atoms with van der Waals surface area (Å²) in [4.78, 5) is 0. The minimum Gasteiger partial charge on any atom is -0.378 e. The van der Waals surface area contributed by atoms with Gasteiger partial charge in [0.15, 0.2) is 0 Å². The monoisotopic (exact) mass is 312 g/mol. The van der Waals surface area contributed by atoms with Crippen LogP contribution in [0.4, 0.5) is 0 Å². The van der Waals surface area contributed by atoms with Gasteiger partial charge in [-0.2, -0.15) is 0 Å². The summed E-state index contributed by atoms with van der Waals surface area (Å²) in [5.41, 5.74) is 0. The van der Waals surface area contributed by atoms with Crippen LogP contribution in [0.5, 0.6) is 0 Å². The third-order valence-electron chi connectivity index (χ3n) is 2.47. The van der Waals surface area contributed by atoms with E-state index in [4.69, 9.17) is 9.47 Å². The van der Waals surface area contributed by atoms with Gasteiger partial charge >= 0.3 is 0 Å². The molecule has 3 heteroatoms. The van der Waals surface area contributed by atoms with Crippen LogP contribution in [-0.2, 0) is 9.47 Å². The number of ether oxygens (including phenoxy) is 2. The van der Waals surface area contributed by atoms with Crippen LogP contribution in [0.15, 0.2) is 0 Å². The van der Waals surface area contributed by atoms with Gasteiger partial charge in [0.05, 0.1) is 23.2 Å². The van der Waals surface area contributed by atoms with E-state index in [-0.39, 0.29) is 0 Å². The van der Waals surface area contributed by atoms with Crippen molar-refractivity contribution in [2.75, 3.05) is 19.8 Å². The molecule has 0 aromatic heterocycles. The minimum absolute atomic E-state index is 0.342. The Morgan fingerprint density at radius 2 is 2.14 bits per heavy atom. The van der Waals surface area contributed by atoms with Crippen LogP contribution in [-0.4, -0.2) is 29.8 Å². The maximum Gasteiger partial charge on any atom is 0.0948 e. The van der Waals surface area contributed by atoms with Gasteiger partial charge in [-0.15, -0.1) is 0 Å². The molecule has 0 bridgehead atoms. The largest absolute Gasteiger partial charge is 0.378 e. The van der Waals surface area contributed by atoms with Crippen molar-refractivity contribution < 1.29 is 9.47 Å². The lowest BCUT2D eigenvalue weighted by Crippen LogP contribution is -2.22. The Labute approximate surface area is 101 Å². The zero-order valence-corrected chi connectivity index (χ0v) is 11.3. The van der Waals surface area contributed by atoms with Crippen LogP contribution < -0.4 is 0 Å². The van der Waals surface area contributed by atoms with Gasteiger partial charge in [-0.3, -0.25) is 0 Å². The Bertz CT molecular complexity index is 150. The van der Waals surface area contributed by atoms with Crippen LogP contribution in [0.2, 0.25) is 0 Å². The molecule has 0 radical (unpaired) electrons. The molecule has 2 unspecified atom stereocenters. The average Bonchev–Trinajstić information content (AvgIpc) is 2.51. The van der Waals surface area contributed by atoms with Crippen molar-refractivity contribution in [3.63, 3.8) is 0 Å². The topological polar surface area (TPSA) is 18.5 Å². The average molecular weight is 312 g/mol. The van der Waals surface area contributed by atoms with E-state index in [0.717, 1.165) is 25.7 Å². The normalized spacial score (nSPS) is 27.4. The molecule has 1 aliphatic heterocycles. The van der Waals surface area contributed by atoms with Gasteiger partial charge < -0.3 is 9.47 Å². The SMILES string of the molecule is CC(C)CCCCOC1COCC1I. The lowest BCUT2D eigenvalue weighted by atomic mass is 10.1. The zero-order valence-electron chi connectivity index (χ0n) is 9.17. The lowest BCUT2D eigenvalue weighted by molar-refractivity contribution is 0.0430. The molecule has 0 saturated carbocycles. The highest BCUT2D eigenvalue weighted by molar-refractivity contribution is 14.1. The summed E-state index contributed by atoms with van der Waals surface area (Å²) >= 11 is 2.42. The second-order valence-electron chi connectivity index (χ2n) is 4.35. The van der Waals surface area contributed by atoms with Crippen LogP contribution in [0.1, 0.15) is 33.1 Å². The minimum atomic E-state index is 0.342. The van der Waals surface area contributed by atoms with E-state index in [1.54, 1.807) is 0 Å². The molecule has 1 fully saturated rings. The van der Waals surface area contributed by atoms with Crippen LogP contribution in [0.25, 0.3) is 0 Å². The number of rotatable bonds is 6. The fraction of sp³-hybridized carbons (Fsp3) is 1.00. The summed E-state index contributed by atoms with van der Waals surface area (Å²) in [5.74, 6) is 0.821. The van der Waals surface area contributed by atoms with Gasteiger partial charge in [-0.25, -0.2) is 0 Å². The third kappa shape index (κ3) is 4.94. The van der Waals surface area contributed by atoms with Crippen molar-refractivity contribution in [1.82, 2.24) is 0 Å². The van der Waals surface area contributed by atoms with Crippen molar-refractivity contribution in [2.45, 2.75) is 43.1 Å². The highest BCUT2D eigenvalue weighted by Crippen LogP contribution is 2.18. The molecular weight excluding hydrogens is 291 g/mol. The number of hydrogen-bond donors (Lipinski definition) is 0. The van der Waals surface area contributed by atoms with Crippen molar-refractivity contribution in [2.24, 2.45) is 5.92 Å². The first kappa shape index (κ1) is 12.7. The summed E-state index contributed by atoms with van der Waals surface area (Å²) in [6.45, 7) is 7.09. The van der Waals surface area contributed by atoms with Gasteiger partial charge in [0.25, 0.3) is 0 Å². The molecule has 2 nitrogen and oxygen atoms in total. The number of unbranched alkanes of at least 4 members (excludes halogenated alkanes) is 1. The van der Waals surface area contributed by atoms with Gasteiger partial charge in [0.1, 0.15) is 0 Å². The van der Waals surface area contributed by atoms with E-state index >= 15 is 0 Å². The number of alkyl halides is 1. The van der Waals surface area contributed by atoms with Crippen molar-refractivity contribution in [3.05, 3.63) is 0 Å². The summed E-state index contributed by atoms with van der Waals surface area (Å²) in [7, 11) is 0. The van der Waals surface area contributed by atoms with E-state index < -0.39 is 0 Å². The highest BCUT2D eigenvalue weighted by atomic mass is 127. The second kappa shape index (κ2) is 7.01. The predicted octanol–water partition coefficient (Wildman–Crippen LogP) is 3.03. The Kier molecular flexibility index (Phi) is 6.37. The molecule has 0 N–H and O–H groups in total. The van der Waals surface area contributed by atoms with Crippen molar-refractivity contribution in [3.8, 4) is 0 Å². The molecule has 0 amide bonds. The molecule has 0 aromatic carbocycles. The fourth-order valence-electron chi connectivity index (χ4n) is 1.55. The Balaban J connectivity index is 1.93. The number of halogens is 1. The Hall–Kier alpha value is 0.650. The summed E-state index contributed by atoms with van der Waals surface area (Å²) in [5, 5.41) is 0. The molecule has 1 heterocycles. The quantitative estimate of drug-likeness (QED) is 0.426. The van der Waals surface area contributed by atoms with Crippen LogP contribution >= 0.6 is 22.6 Å². The molecule has 1 saturated heterocycles. The maximum absolute atomic E-state index is 5.76. The zero-order chi connectivity index (χ0) is 10.4. The molecule has 0 spiro atoms. The smallest absolute Gasteiger partial charge is 0.0948 e. The standard InChI is InChI=1S/C11H21IO2/c1-9(2)5-3-4-6-14-11-8-13-7-10(11)12/h9-11H,3-8H2,1-2H3. The first-order valence-electron chi connectivity index (χ1n) is 5.53. The lowest BCUT2D eigenvalue weighted by Gasteiger charge is -2.13. The first-order valence-corrected chi connectivity index (χ1v) is 6.78. The van der Waals surface area contributed by atoms with Crippen LogP contribution in [0.3, 0.4) is 0 Å². The molecule has 1 rings (SSSR count). The van der Waals surface area contributed by atoms with Gasteiger partial charge in [0.2, 0.25) is 0 Å². The Morgan fingerprint density at radius 1 is 1.36 bits per heavy atom. The van der Waals surface area contributed by atoms with Gasteiger partial charge in [0, 0.05) is 6.61 Å². The molecule has 0 aliphatic carbocycles. The van der Waals surface area contributed by atoms with E-state index in [1.807, 2.05) is 0 Å². The fourth-order valence-corrected chi connectivity index (χ4v) is 2.22. The molecule has 14 heavy (non-hydrogen) atoms. The molecular formula is C11H21IO2. The van der Waals surface area contributed by atoms with Gasteiger partial charge in [-0.05, 0) is 12.3 Å².